The molecule has 0 saturated heterocycles. The van der Waals surface area contributed by atoms with Gasteiger partial charge < -0.3 is 10.3 Å². The molecule has 2 aromatic carbocycles. The van der Waals surface area contributed by atoms with Gasteiger partial charge in [-0.15, -0.1) is 0 Å². The van der Waals surface area contributed by atoms with Gasteiger partial charge in [0.15, 0.2) is 5.76 Å². The van der Waals surface area contributed by atoms with E-state index in [1.807, 2.05) is 48.5 Å². The van der Waals surface area contributed by atoms with Crippen molar-refractivity contribution in [2.75, 3.05) is 0 Å². The standard InChI is InChI=1S/C14H12N2O/c15-9-10-6-7-13-12(8-10)14(17-16-13)11-4-2-1-3-5-11/h1-8H,9,15H2. The fourth-order valence-corrected chi connectivity index (χ4v) is 1.91. The number of nitrogens with two attached hydrogens (primary N) is 1. The topological polar surface area (TPSA) is 52.0 Å². The molecule has 3 rings (SSSR count). The van der Waals surface area contributed by atoms with Crippen LogP contribution in [0, 0.1) is 0 Å². The number of rotatable bonds is 2. The Hall–Kier alpha value is -2.13. The van der Waals surface area contributed by atoms with Crippen molar-refractivity contribution < 1.29 is 4.52 Å². The Morgan fingerprint density at radius 3 is 2.65 bits per heavy atom. The highest BCUT2D eigenvalue weighted by Gasteiger charge is 2.10. The lowest BCUT2D eigenvalue weighted by molar-refractivity contribution is 0.441. The molecule has 0 aliphatic rings. The summed E-state index contributed by atoms with van der Waals surface area (Å²) in [5.74, 6) is 0.802. The van der Waals surface area contributed by atoms with E-state index in [1.54, 1.807) is 0 Å². The van der Waals surface area contributed by atoms with Crippen molar-refractivity contribution >= 4 is 10.9 Å². The van der Waals surface area contributed by atoms with Crippen LogP contribution in [0.5, 0.6) is 0 Å². The average Bonchev–Trinajstić information content (AvgIpc) is 2.82. The first-order valence-corrected chi connectivity index (χ1v) is 5.52. The summed E-state index contributed by atoms with van der Waals surface area (Å²) in [4.78, 5) is 0. The first-order chi connectivity index (χ1) is 8.38. The largest absolute Gasteiger partial charge is 0.355 e. The van der Waals surface area contributed by atoms with Gasteiger partial charge in [-0.1, -0.05) is 41.6 Å². The van der Waals surface area contributed by atoms with Gasteiger partial charge in [-0.05, 0) is 17.7 Å². The van der Waals surface area contributed by atoms with Crippen molar-refractivity contribution in [2.45, 2.75) is 6.54 Å². The van der Waals surface area contributed by atoms with Crippen LogP contribution in [0.25, 0.3) is 22.2 Å². The Bertz CT molecular complexity index is 644. The van der Waals surface area contributed by atoms with Crippen molar-refractivity contribution in [1.29, 1.82) is 0 Å². The number of hydrogen-bond donors (Lipinski definition) is 1. The molecule has 0 unspecified atom stereocenters. The second kappa shape index (κ2) is 4.03. The smallest absolute Gasteiger partial charge is 0.174 e. The van der Waals surface area contributed by atoms with Gasteiger partial charge in [0.05, 0.1) is 5.39 Å². The summed E-state index contributed by atoms with van der Waals surface area (Å²) in [6.45, 7) is 0.523. The zero-order valence-corrected chi connectivity index (χ0v) is 9.26. The summed E-state index contributed by atoms with van der Waals surface area (Å²) in [6.07, 6.45) is 0. The van der Waals surface area contributed by atoms with Crippen LogP contribution in [0.2, 0.25) is 0 Å². The molecule has 0 atom stereocenters. The van der Waals surface area contributed by atoms with Crippen molar-refractivity contribution in [3.05, 3.63) is 54.1 Å². The van der Waals surface area contributed by atoms with E-state index >= 15 is 0 Å². The highest BCUT2D eigenvalue weighted by molar-refractivity contribution is 5.91. The highest BCUT2D eigenvalue weighted by atomic mass is 16.5. The summed E-state index contributed by atoms with van der Waals surface area (Å²) in [7, 11) is 0. The van der Waals surface area contributed by atoms with Crippen LogP contribution in [-0.2, 0) is 6.54 Å². The minimum Gasteiger partial charge on any atom is -0.355 e. The molecule has 0 radical (unpaired) electrons. The summed E-state index contributed by atoms with van der Waals surface area (Å²) in [5.41, 5.74) is 8.62. The van der Waals surface area contributed by atoms with Crippen LogP contribution in [0.3, 0.4) is 0 Å². The molecule has 0 amide bonds. The molecule has 2 N–H and O–H groups in total. The molecule has 1 aromatic heterocycles. The fourth-order valence-electron chi connectivity index (χ4n) is 1.91. The lowest BCUT2D eigenvalue weighted by Gasteiger charge is -1.98. The van der Waals surface area contributed by atoms with Crippen molar-refractivity contribution in [2.24, 2.45) is 5.73 Å². The van der Waals surface area contributed by atoms with Crippen molar-refractivity contribution in [1.82, 2.24) is 5.16 Å². The minimum absolute atomic E-state index is 0.523. The number of hydrogen-bond acceptors (Lipinski definition) is 3. The molecule has 1 heterocycles. The maximum atomic E-state index is 5.65. The SMILES string of the molecule is NCc1ccc2noc(-c3ccccc3)c2c1. The van der Waals surface area contributed by atoms with E-state index in [0.29, 0.717) is 6.54 Å². The van der Waals surface area contributed by atoms with Crippen LogP contribution in [0.1, 0.15) is 5.56 Å². The summed E-state index contributed by atoms with van der Waals surface area (Å²) < 4.78 is 5.41. The molecule has 3 aromatic rings. The quantitative estimate of drug-likeness (QED) is 0.728. The van der Waals surface area contributed by atoms with E-state index in [9.17, 15) is 0 Å². The van der Waals surface area contributed by atoms with Gasteiger partial charge in [0.1, 0.15) is 5.52 Å². The van der Waals surface area contributed by atoms with Crippen LogP contribution in [0.15, 0.2) is 53.1 Å². The molecule has 84 valence electrons. The lowest BCUT2D eigenvalue weighted by atomic mass is 10.1. The Balaban J connectivity index is 2.23. The van der Waals surface area contributed by atoms with Crippen molar-refractivity contribution in [3.63, 3.8) is 0 Å². The van der Waals surface area contributed by atoms with E-state index in [4.69, 9.17) is 10.3 Å². The number of fused-ring (bicyclic) bond motifs is 1. The van der Waals surface area contributed by atoms with Crippen LogP contribution in [-0.4, -0.2) is 5.16 Å². The first kappa shape index (κ1) is 10.1. The predicted molar refractivity (Wildman–Crippen MR) is 67.3 cm³/mol. The second-order valence-corrected chi connectivity index (χ2v) is 3.93. The number of nitrogens with zero attached hydrogens (tertiary/aromatic N) is 1. The molecule has 0 saturated carbocycles. The zero-order valence-electron chi connectivity index (χ0n) is 9.26. The molecule has 0 bridgehead atoms. The molecule has 3 nitrogen and oxygen atoms in total. The maximum Gasteiger partial charge on any atom is 0.174 e. The van der Waals surface area contributed by atoms with Gasteiger partial charge in [0.25, 0.3) is 0 Å². The molecular formula is C14H12N2O. The molecule has 3 heteroatoms. The van der Waals surface area contributed by atoms with Crippen LogP contribution < -0.4 is 5.73 Å². The fraction of sp³-hybridized carbons (Fsp3) is 0.0714. The van der Waals surface area contributed by atoms with Gasteiger partial charge in [-0.3, -0.25) is 0 Å². The summed E-state index contributed by atoms with van der Waals surface area (Å²) >= 11 is 0. The van der Waals surface area contributed by atoms with Crippen LogP contribution in [0.4, 0.5) is 0 Å². The molecule has 0 aliphatic carbocycles. The van der Waals surface area contributed by atoms with E-state index in [0.717, 1.165) is 27.8 Å². The third kappa shape index (κ3) is 1.70. The Morgan fingerprint density at radius 1 is 1.06 bits per heavy atom. The monoisotopic (exact) mass is 224 g/mol. The molecule has 0 fully saturated rings. The summed E-state index contributed by atoms with van der Waals surface area (Å²) in [6, 6.07) is 15.9. The number of aromatic nitrogens is 1. The van der Waals surface area contributed by atoms with Gasteiger partial charge in [0, 0.05) is 12.1 Å². The Morgan fingerprint density at radius 2 is 1.88 bits per heavy atom. The zero-order chi connectivity index (χ0) is 11.7. The van der Waals surface area contributed by atoms with E-state index in [1.165, 1.54) is 0 Å². The molecule has 0 aliphatic heterocycles. The van der Waals surface area contributed by atoms with Crippen LogP contribution >= 0.6 is 0 Å². The minimum atomic E-state index is 0.523. The van der Waals surface area contributed by atoms with E-state index in [2.05, 4.69) is 5.16 Å². The first-order valence-electron chi connectivity index (χ1n) is 5.52. The number of benzene rings is 2. The third-order valence-corrected chi connectivity index (χ3v) is 2.81. The van der Waals surface area contributed by atoms with E-state index in [-0.39, 0.29) is 0 Å². The van der Waals surface area contributed by atoms with E-state index < -0.39 is 0 Å². The highest BCUT2D eigenvalue weighted by Crippen LogP contribution is 2.28. The molecule has 17 heavy (non-hydrogen) atoms. The van der Waals surface area contributed by atoms with Gasteiger partial charge in [-0.2, -0.15) is 0 Å². The Kier molecular flexibility index (Phi) is 2.38. The van der Waals surface area contributed by atoms with Gasteiger partial charge in [-0.25, -0.2) is 0 Å². The van der Waals surface area contributed by atoms with Crippen molar-refractivity contribution in [3.8, 4) is 11.3 Å². The third-order valence-electron chi connectivity index (χ3n) is 2.81. The van der Waals surface area contributed by atoms with Gasteiger partial charge >= 0.3 is 0 Å². The molecule has 0 spiro atoms. The average molecular weight is 224 g/mol. The maximum absolute atomic E-state index is 5.65. The second-order valence-electron chi connectivity index (χ2n) is 3.93. The van der Waals surface area contributed by atoms with Gasteiger partial charge in [0.2, 0.25) is 0 Å². The lowest BCUT2D eigenvalue weighted by Crippen LogP contribution is -1.95. The predicted octanol–water partition coefficient (Wildman–Crippen LogP) is 2.95. The Labute approximate surface area is 98.8 Å². The normalized spacial score (nSPS) is 10.9. The summed E-state index contributed by atoms with van der Waals surface area (Å²) in [5, 5.41) is 5.07. The molecular weight excluding hydrogens is 212 g/mol.